The first-order valence-electron chi connectivity index (χ1n) is 14.7. The first kappa shape index (κ1) is 25.6. The topological polar surface area (TPSA) is 71.7 Å². The highest BCUT2D eigenvalue weighted by atomic mass is 19.3. The van der Waals surface area contributed by atoms with Gasteiger partial charge in [-0.25, -0.2) is 0 Å². The Bertz CT molecular complexity index is 1580. The van der Waals surface area contributed by atoms with Gasteiger partial charge in [0.05, 0.1) is 0 Å². The van der Waals surface area contributed by atoms with E-state index in [4.69, 9.17) is 0 Å². The number of halogens is 2. The SMILES string of the molecule is C[C@H]1CCCN(Cc2cc3c(C4CC4)cn(-c4cccc([C@H](c5nncn5C(F)F)C5CCC5)c4)c(=O)c3[nH]2)C1. The predicted octanol–water partition coefficient (Wildman–Crippen LogP) is 6.35. The molecule has 40 heavy (non-hydrogen) atoms. The van der Waals surface area contributed by atoms with Gasteiger partial charge in [-0.3, -0.25) is 18.8 Å². The zero-order chi connectivity index (χ0) is 27.4. The molecule has 0 radical (unpaired) electrons. The molecule has 2 atom stereocenters. The second kappa shape index (κ2) is 10.3. The minimum Gasteiger partial charge on any atom is -0.353 e. The summed E-state index contributed by atoms with van der Waals surface area (Å²) >= 11 is 0. The van der Waals surface area contributed by atoms with Gasteiger partial charge < -0.3 is 4.98 Å². The largest absolute Gasteiger partial charge is 0.353 e. The Morgan fingerprint density at radius 3 is 2.67 bits per heavy atom. The zero-order valence-electron chi connectivity index (χ0n) is 22.9. The van der Waals surface area contributed by atoms with Crippen molar-refractivity contribution in [1.82, 2.24) is 29.2 Å². The van der Waals surface area contributed by atoms with E-state index >= 15 is 0 Å². The molecule has 210 valence electrons. The van der Waals surface area contributed by atoms with Crippen LogP contribution in [0.25, 0.3) is 16.6 Å². The maximum absolute atomic E-state index is 13.9. The molecule has 2 saturated carbocycles. The fourth-order valence-electron chi connectivity index (χ4n) is 6.86. The third-order valence-corrected chi connectivity index (χ3v) is 9.26. The number of likely N-dealkylation sites (tertiary alicyclic amines) is 1. The molecule has 9 heteroatoms. The Kier molecular flexibility index (Phi) is 6.57. The highest BCUT2D eigenvalue weighted by Crippen LogP contribution is 2.45. The quantitative estimate of drug-likeness (QED) is 0.280. The van der Waals surface area contributed by atoms with Crippen molar-refractivity contribution in [2.75, 3.05) is 13.1 Å². The Morgan fingerprint density at radius 2 is 1.95 bits per heavy atom. The summed E-state index contributed by atoms with van der Waals surface area (Å²) in [6.45, 7) is 2.61. The van der Waals surface area contributed by atoms with Crippen LogP contribution in [0.2, 0.25) is 0 Å². The van der Waals surface area contributed by atoms with Crippen molar-refractivity contribution in [2.45, 2.75) is 76.8 Å². The van der Waals surface area contributed by atoms with E-state index in [1.165, 1.54) is 18.4 Å². The molecular weight excluding hydrogens is 510 g/mol. The van der Waals surface area contributed by atoms with Gasteiger partial charge in [-0.1, -0.05) is 25.5 Å². The molecule has 0 bridgehead atoms. The van der Waals surface area contributed by atoms with E-state index in [0.29, 0.717) is 23.2 Å². The number of benzene rings is 1. The molecule has 7 nitrogen and oxygen atoms in total. The Morgan fingerprint density at radius 1 is 1.10 bits per heavy atom. The van der Waals surface area contributed by atoms with Gasteiger partial charge in [-0.05, 0) is 92.1 Å². The van der Waals surface area contributed by atoms with Crippen LogP contribution < -0.4 is 5.56 Å². The molecule has 0 spiro atoms. The summed E-state index contributed by atoms with van der Waals surface area (Å²) in [6.07, 6.45) is 10.9. The molecule has 4 aromatic rings. The third-order valence-electron chi connectivity index (χ3n) is 9.26. The molecule has 0 amide bonds. The van der Waals surface area contributed by atoms with Crippen LogP contribution in [0.15, 0.2) is 47.7 Å². The fraction of sp³-hybridized carbons (Fsp3) is 0.516. The number of alkyl halides is 2. The van der Waals surface area contributed by atoms with Gasteiger partial charge in [0.2, 0.25) is 0 Å². The second-order valence-corrected chi connectivity index (χ2v) is 12.2. The van der Waals surface area contributed by atoms with Crippen LogP contribution >= 0.6 is 0 Å². The van der Waals surface area contributed by atoms with Crippen molar-refractivity contribution in [1.29, 1.82) is 0 Å². The monoisotopic (exact) mass is 546 g/mol. The van der Waals surface area contributed by atoms with Gasteiger partial charge >= 0.3 is 6.55 Å². The summed E-state index contributed by atoms with van der Waals surface area (Å²) in [5.41, 5.74) is 4.52. The normalized spacial score (nSPS) is 21.2. The number of nitrogens with one attached hydrogen (secondary N) is 1. The highest BCUT2D eigenvalue weighted by molar-refractivity contribution is 5.84. The van der Waals surface area contributed by atoms with Crippen molar-refractivity contribution < 1.29 is 8.78 Å². The molecule has 1 saturated heterocycles. The van der Waals surface area contributed by atoms with E-state index in [2.05, 4.69) is 33.1 Å². The van der Waals surface area contributed by atoms with Gasteiger partial charge in [-0.2, -0.15) is 8.78 Å². The van der Waals surface area contributed by atoms with E-state index < -0.39 is 6.55 Å². The van der Waals surface area contributed by atoms with Crippen molar-refractivity contribution in [2.24, 2.45) is 11.8 Å². The zero-order valence-corrected chi connectivity index (χ0v) is 22.9. The minimum atomic E-state index is -2.70. The lowest BCUT2D eigenvalue weighted by Crippen LogP contribution is -2.33. The van der Waals surface area contributed by atoms with E-state index in [1.54, 1.807) is 4.57 Å². The Hall–Kier alpha value is -3.33. The number of rotatable bonds is 8. The lowest BCUT2D eigenvalue weighted by atomic mass is 9.72. The molecule has 0 unspecified atom stereocenters. The molecule has 1 N–H and O–H groups in total. The van der Waals surface area contributed by atoms with Crippen molar-refractivity contribution in [3.8, 4) is 5.69 Å². The first-order chi connectivity index (χ1) is 19.5. The molecule has 1 aliphatic heterocycles. The number of H-pyrrole nitrogens is 1. The van der Waals surface area contributed by atoms with Gasteiger partial charge in [0.1, 0.15) is 17.7 Å². The maximum atomic E-state index is 13.9. The predicted molar refractivity (Wildman–Crippen MR) is 150 cm³/mol. The lowest BCUT2D eigenvalue weighted by molar-refractivity contribution is 0.0639. The number of hydrogen-bond acceptors (Lipinski definition) is 4. The van der Waals surface area contributed by atoms with Crippen LogP contribution in [0.1, 0.15) is 92.9 Å². The summed E-state index contributed by atoms with van der Waals surface area (Å²) in [7, 11) is 0. The molecule has 7 rings (SSSR count). The summed E-state index contributed by atoms with van der Waals surface area (Å²) in [5.74, 6) is 1.38. The van der Waals surface area contributed by atoms with Gasteiger partial charge in [0, 0.05) is 42.0 Å². The van der Waals surface area contributed by atoms with Crippen molar-refractivity contribution in [3.05, 3.63) is 75.9 Å². The molecule has 2 aliphatic carbocycles. The lowest BCUT2D eigenvalue weighted by Gasteiger charge is -2.33. The fourth-order valence-corrected chi connectivity index (χ4v) is 6.86. The molecule has 3 fully saturated rings. The summed E-state index contributed by atoms with van der Waals surface area (Å²) in [6, 6.07) is 9.99. The van der Waals surface area contributed by atoms with Crippen LogP contribution in [0.5, 0.6) is 0 Å². The number of piperidine rings is 1. The number of aromatic amines is 1. The smallest absolute Gasteiger partial charge is 0.321 e. The molecule has 3 aromatic heterocycles. The van der Waals surface area contributed by atoms with Crippen molar-refractivity contribution in [3.63, 3.8) is 0 Å². The van der Waals surface area contributed by atoms with E-state index in [0.717, 1.165) is 85.0 Å². The van der Waals surface area contributed by atoms with Crippen molar-refractivity contribution >= 4 is 10.9 Å². The highest BCUT2D eigenvalue weighted by Gasteiger charge is 2.35. The average molecular weight is 547 g/mol. The number of aromatic nitrogens is 5. The van der Waals surface area contributed by atoms with Gasteiger partial charge in [0.15, 0.2) is 0 Å². The van der Waals surface area contributed by atoms with E-state index in [9.17, 15) is 13.6 Å². The van der Waals surface area contributed by atoms with Crippen LogP contribution in [-0.4, -0.2) is 42.3 Å². The van der Waals surface area contributed by atoms with Gasteiger partial charge in [0.25, 0.3) is 5.56 Å². The number of nitrogens with zero attached hydrogens (tertiary/aromatic N) is 5. The van der Waals surface area contributed by atoms with Gasteiger partial charge in [-0.15, -0.1) is 10.2 Å². The third kappa shape index (κ3) is 4.68. The van der Waals surface area contributed by atoms with Crippen LogP contribution in [0.3, 0.4) is 0 Å². The summed E-state index contributed by atoms with van der Waals surface area (Å²) in [5, 5.41) is 8.99. The van der Waals surface area contributed by atoms with E-state index in [-0.39, 0.29) is 17.4 Å². The van der Waals surface area contributed by atoms with E-state index in [1.807, 2.05) is 30.5 Å². The second-order valence-electron chi connectivity index (χ2n) is 12.2. The minimum absolute atomic E-state index is 0.0780. The molecule has 1 aromatic carbocycles. The molecule has 3 aliphatic rings. The summed E-state index contributed by atoms with van der Waals surface area (Å²) < 4.78 is 30.2. The number of pyridine rings is 1. The average Bonchev–Trinajstić information content (AvgIpc) is 3.47. The van der Waals surface area contributed by atoms with Crippen LogP contribution in [0.4, 0.5) is 8.78 Å². The number of fused-ring (bicyclic) bond motifs is 1. The maximum Gasteiger partial charge on any atom is 0.321 e. The number of hydrogen-bond donors (Lipinski definition) is 1. The summed E-state index contributed by atoms with van der Waals surface area (Å²) in [4.78, 5) is 19.9. The Balaban J connectivity index is 1.29. The van der Waals surface area contributed by atoms with Crippen LogP contribution in [-0.2, 0) is 6.54 Å². The Labute approximate surface area is 232 Å². The first-order valence-corrected chi connectivity index (χ1v) is 14.7. The molecular formula is C31H36F2N6O. The molecule has 4 heterocycles. The van der Waals surface area contributed by atoms with Crippen LogP contribution in [0, 0.1) is 11.8 Å². The standard InChI is InChI=1S/C31H36F2N6O/c1-19-5-4-12-37(15-19)16-23-14-25-26(20-10-11-20)17-38(30(40)28(25)35-23)24-9-3-8-22(13-24)27(21-6-2-7-21)29-36-34-18-39(29)31(32)33/h3,8-9,13-14,17-21,27,31,35H,2,4-7,10-12,15-16H2,1H3/t19-,27+/m0/s1.